The molecule has 0 unspecified atom stereocenters. The summed E-state index contributed by atoms with van der Waals surface area (Å²) >= 11 is 0. The number of ether oxygens (including phenoxy) is 1. The van der Waals surface area contributed by atoms with Crippen LogP contribution in [0.15, 0.2) is 16.5 Å². The van der Waals surface area contributed by atoms with Crippen LogP contribution in [0.3, 0.4) is 0 Å². The number of likely N-dealkylation sites (tertiary alicyclic amines) is 1. The van der Waals surface area contributed by atoms with Crippen molar-refractivity contribution in [1.82, 2.24) is 9.21 Å². The number of morpholine rings is 1. The SMILES string of the molecule is Cc1ccc([C@H]2CN(S(=O)(=O)CCN3CCCC3)CCO2)o1. The van der Waals surface area contributed by atoms with Gasteiger partial charge < -0.3 is 14.1 Å². The molecule has 1 aromatic rings. The van der Waals surface area contributed by atoms with Gasteiger partial charge in [0.2, 0.25) is 10.0 Å². The van der Waals surface area contributed by atoms with Crippen molar-refractivity contribution in [2.45, 2.75) is 25.9 Å². The van der Waals surface area contributed by atoms with Gasteiger partial charge in [0.05, 0.1) is 12.4 Å². The number of nitrogens with zero attached hydrogens (tertiary/aromatic N) is 2. The normalized spacial score (nSPS) is 24.9. The van der Waals surface area contributed by atoms with Crippen LogP contribution in [-0.4, -0.2) is 62.7 Å². The van der Waals surface area contributed by atoms with Crippen molar-refractivity contribution >= 4 is 10.0 Å². The van der Waals surface area contributed by atoms with Crippen molar-refractivity contribution in [2.75, 3.05) is 45.1 Å². The predicted octanol–water partition coefficient (Wildman–Crippen LogP) is 1.39. The molecule has 0 N–H and O–H groups in total. The van der Waals surface area contributed by atoms with Gasteiger partial charge in [-0.1, -0.05) is 0 Å². The Hall–Kier alpha value is -0.890. The number of furan rings is 1. The van der Waals surface area contributed by atoms with Crippen molar-refractivity contribution in [3.8, 4) is 0 Å². The summed E-state index contributed by atoms with van der Waals surface area (Å²) in [6.07, 6.45) is 2.05. The highest BCUT2D eigenvalue weighted by molar-refractivity contribution is 7.89. The van der Waals surface area contributed by atoms with E-state index in [0.717, 1.165) is 18.8 Å². The molecule has 0 bridgehead atoms. The lowest BCUT2D eigenvalue weighted by molar-refractivity contribution is -0.0146. The maximum atomic E-state index is 12.5. The lowest BCUT2D eigenvalue weighted by Crippen LogP contribution is -2.44. The molecule has 2 fully saturated rings. The summed E-state index contributed by atoms with van der Waals surface area (Å²) in [5, 5.41) is 0. The Bertz CT molecular complexity index is 592. The first-order valence-electron chi connectivity index (χ1n) is 7.93. The van der Waals surface area contributed by atoms with Crippen molar-refractivity contribution in [1.29, 1.82) is 0 Å². The van der Waals surface area contributed by atoms with Crippen molar-refractivity contribution < 1.29 is 17.6 Å². The minimum atomic E-state index is -3.23. The van der Waals surface area contributed by atoms with E-state index in [2.05, 4.69) is 4.90 Å². The van der Waals surface area contributed by atoms with Crippen LogP contribution in [0, 0.1) is 6.92 Å². The molecule has 0 amide bonds. The summed E-state index contributed by atoms with van der Waals surface area (Å²) in [5.41, 5.74) is 0. The molecule has 22 heavy (non-hydrogen) atoms. The van der Waals surface area contributed by atoms with Crippen LogP contribution in [0.1, 0.15) is 30.5 Å². The van der Waals surface area contributed by atoms with E-state index in [0.29, 0.717) is 32.0 Å². The molecule has 2 aliphatic heterocycles. The summed E-state index contributed by atoms with van der Waals surface area (Å²) in [7, 11) is -3.23. The highest BCUT2D eigenvalue weighted by Crippen LogP contribution is 2.25. The molecule has 1 atom stereocenters. The maximum absolute atomic E-state index is 12.5. The third-order valence-electron chi connectivity index (χ3n) is 4.37. The van der Waals surface area contributed by atoms with E-state index >= 15 is 0 Å². The zero-order valence-electron chi connectivity index (χ0n) is 13.0. The highest BCUT2D eigenvalue weighted by Gasteiger charge is 2.32. The van der Waals surface area contributed by atoms with Gasteiger partial charge in [0, 0.05) is 19.6 Å². The van der Waals surface area contributed by atoms with Gasteiger partial charge in [0.15, 0.2) is 0 Å². The molecule has 0 aromatic carbocycles. The summed E-state index contributed by atoms with van der Waals surface area (Å²) in [4.78, 5) is 2.23. The average Bonchev–Trinajstić information content (AvgIpc) is 3.17. The molecule has 2 saturated heterocycles. The monoisotopic (exact) mass is 328 g/mol. The number of rotatable bonds is 5. The van der Waals surface area contributed by atoms with Crippen LogP contribution in [0.4, 0.5) is 0 Å². The van der Waals surface area contributed by atoms with Crippen LogP contribution in [0.2, 0.25) is 0 Å². The Kier molecular flexibility index (Phi) is 4.87. The molecule has 124 valence electrons. The molecule has 6 nitrogen and oxygen atoms in total. The molecule has 3 heterocycles. The van der Waals surface area contributed by atoms with E-state index in [9.17, 15) is 8.42 Å². The number of hydrogen-bond acceptors (Lipinski definition) is 5. The molecule has 7 heteroatoms. The minimum absolute atomic E-state index is 0.191. The number of hydrogen-bond donors (Lipinski definition) is 0. The summed E-state index contributed by atoms with van der Waals surface area (Å²) < 4.78 is 37.9. The fraction of sp³-hybridized carbons (Fsp3) is 0.733. The Balaban J connectivity index is 1.60. The zero-order valence-corrected chi connectivity index (χ0v) is 13.8. The summed E-state index contributed by atoms with van der Waals surface area (Å²) in [6, 6.07) is 3.74. The topological polar surface area (TPSA) is 63.0 Å². The van der Waals surface area contributed by atoms with Gasteiger partial charge in [-0.3, -0.25) is 0 Å². The van der Waals surface area contributed by atoms with E-state index in [1.807, 2.05) is 19.1 Å². The van der Waals surface area contributed by atoms with Crippen LogP contribution < -0.4 is 0 Å². The molecule has 0 saturated carbocycles. The van der Waals surface area contributed by atoms with Gasteiger partial charge in [-0.15, -0.1) is 0 Å². The first kappa shape index (κ1) is 16.0. The third-order valence-corrected chi connectivity index (χ3v) is 6.18. The molecular weight excluding hydrogens is 304 g/mol. The van der Waals surface area contributed by atoms with Crippen molar-refractivity contribution in [3.63, 3.8) is 0 Å². The van der Waals surface area contributed by atoms with E-state index < -0.39 is 10.0 Å². The second-order valence-corrected chi connectivity index (χ2v) is 8.12. The Morgan fingerprint density at radius 2 is 2.00 bits per heavy atom. The van der Waals surface area contributed by atoms with E-state index in [1.54, 1.807) is 4.31 Å². The first-order chi connectivity index (χ1) is 10.5. The fourth-order valence-corrected chi connectivity index (χ4v) is 4.52. The standard InChI is InChI=1S/C15H24N2O4S/c1-13-4-5-14(21-13)15-12-17(8-10-20-15)22(18,19)11-9-16-6-2-3-7-16/h4-5,15H,2-3,6-12H2,1H3/t15-/m1/s1. The van der Waals surface area contributed by atoms with Crippen molar-refractivity contribution in [2.24, 2.45) is 0 Å². The Morgan fingerprint density at radius 1 is 1.23 bits per heavy atom. The first-order valence-corrected chi connectivity index (χ1v) is 9.54. The molecule has 3 rings (SSSR count). The lowest BCUT2D eigenvalue weighted by Gasteiger charge is -2.31. The van der Waals surface area contributed by atoms with Gasteiger partial charge in [0.25, 0.3) is 0 Å². The van der Waals surface area contributed by atoms with Crippen LogP contribution >= 0.6 is 0 Å². The smallest absolute Gasteiger partial charge is 0.215 e. The lowest BCUT2D eigenvalue weighted by atomic mass is 10.2. The average molecular weight is 328 g/mol. The molecule has 2 aliphatic rings. The maximum Gasteiger partial charge on any atom is 0.215 e. The van der Waals surface area contributed by atoms with Gasteiger partial charge >= 0.3 is 0 Å². The third kappa shape index (κ3) is 3.71. The summed E-state index contributed by atoms with van der Waals surface area (Å²) in [6.45, 7) is 5.72. The van der Waals surface area contributed by atoms with E-state index in [1.165, 1.54) is 12.8 Å². The molecule has 0 spiro atoms. The van der Waals surface area contributed by atoms with Crippen LogP contribution in [0.25, 0.3) is 0 Å². The fourth-order valence-electron chi connectivity index (χ4n) is 3.06. The van der Waals surface area contributed by atoms with Gasteiger partial charge in [-0.05, 0) is 45.0 Å². The predicted molar refractivity (Wildman–Crippen MR) is 83.2 cm³/mol. The Labute approximate surface area is 132 Å². The summed E-state index contributed by atoms with van der Waals surface area (Å²) in [5.74, 6) is 1.71. The number of aryl methyl sites for hydroxylation is 1. The number of sulfonamides is 1. The highest BCUT2D eigenvalue weighted by atomic mass is 32.2. The van der Waals surface area contributed by atoms with Gasteiger partial charge in [-0.2, -0.15) is 4.31 Å². The van der Waals surface area contributed by atoms with E-state index in [4.69, 9.17) is 9.15 Å². The molecule has 1 aromatic heterocycles. The second kappa shape index (κ2) is 6.70. The van der Waals surface area contributed by atoms with Crippen molar-refractivity contribution in [3.05, 3.63) is 23.7 Å². The van der Waals surface area contributed by atoms with E-state index in [-0.39, 0.29) is 11.9 Å². The molecule has 0 aliphatic carbocycles. The minimum Gasteiger partial charge on any atom is -0.464 e. The largest absolute Gasteiger partial charge is 0.464 e. The molecular formula is C15H24N2O4S. The Morgan fingerprint density at radius 3 is 2.68 bits per heavy atom. The zero-order chi connectivity index (χ0) is 15.6. The molecule has 0 radical (unpaired) electrons. The second-order valence-electron chi connectivity index (χ2n) is 6.03. The van der Waals surface area contributed by atoms with Gasteiger partial charge in [-0.25, -0.2) is 8.42 Å². The van der Waals surface area contributed by atoms with Crippen LogP contribution in [0.5, 0.6) is 0 Å². The van der Waals surface area contributed by atoms with Gasteiger partial charge in [0.1, 0.15) is 17.6 Å². The van der Waals surface area contributed by atoms with Crippen LogP contribution in [-0.2, 0) is 14.8 Å². The quantitative estimate of drug-likeness (QED) is 0.817.